The number of rotatable bonds is 29. The second-order valence-corrected chi connectivity index (χ2v) is 12.9. The third-order valence-electron chi connectivity index (χ3n) is 7.46. The van der Waals surface area contributed by atoms with E-state index in [0.29, 0.717) is 6.42 Å². The highest BCUT2D eigenvalue weighted by atomic mass is 32.2. The first kappa shape index (κ1) is 38.1. The highest BCUT2D eigenvalue weighted by Crippen LogP contribution is 2.15. The van der Waals surface area contributed by atoms with Crippen molar-refractivity contribution in [3.63, 3.8) is 0 Å². The number of carbonyl (C=O) groups excluding carboxylic acids is 1. The molecule has 0 bridgehead atoms. The fourth-order valence-electron chi connectivity index (χ4n) is 4.98. The van der Waals surface area contributed by atoms with Gasteiger partial charge in [0.2, 0.25) is 5.91 Å². The van der Waals surface area contributed by atoms with Crippen LogP contribution in [-0.4, -0.2) is 41.9 Å². The number of aliphatic hydroxyl groups excluding tert-OH is 1. The molecule has 0 heterocycles. The molecule has 1 amide bonds. The van der Waals surface area contributed by atoms with E-state index in [1.807, 2.05) is 6.08 Å². The monoisotopic (exact) mass is 573 g/mol. The number of allylic oxidation sites excluding steroid dienone is 1. The number of nitrogens with one attached hydrogen (secondary N) is 1. The summed E-state index contributed by atoms with van der Waals surface area (Å²) in [5, 5.41) is 13.0. The van der Waals surface area contributed by atoms with Gasteiger partial charge < -0.3 is 10.4 Å². The Morgan fingerprint density at radius 2 is 1.05 bits per heavy atom. The summed E-state index contributed by atoms with van der Waals surface area (Å²) in [7, 11) is -4.32. The molecule has 0 aliphatic rings. The van der Waals surface area contributed by atoms with Crippen LogP contribution in [0.2, 0.25) is 0 Å². The summed E-state index contributed by atoms with van der Waals surface area (Å²) < 4.78 is 32.0. The van der Waals surface area contributed by atoms with E-state index >= 15 is 0 Å². The minimum Gasteiger partial charge on any atom is -0.387 e. The van der Waals surface area contributed by atoms with Crippen molar-refractivity contribution >= 4 is 16.0 Å². The Labute approximate surface area is 241 Å². The van der Waals surface area contributed by atoms with Crippen molar-refractivity contribution in [1.82, 2.24) is 5.32 Å². The van der Waals surface area contributed by atoms with Gasteiger partial charge in [-0.15, -0.1) is 0 Å². The van der Waals surface area contributed by atoms with Gasteiger partial charge >= 0.3 is 0 Å². The van der Waals surface area contributed by atoms with Crippen LogP contribution in [0.15, 0.2) is 12.2 Å². The molecule has 0 saturated heterocycles. The molecule has 39 heavy (non-hydrogen) atoms. The van der Waals surface area contributed by atoms with Crippen LogP contribution >= 0.6 is 0 Å². The minimum absolute atomic E-state index is 0.282. The van der Waals surface area contributed by atoms with Crippen LogP contribution in [0.3, 0.4) is 0 Å². The van der Waals surface area contributed by atoms with E-state index in [-0.39, 0.29) is 5.91 Å². The zero-order valence-corrected chi connectivity index (χ0v) is 26.3. The number of amides is 1. The largest absolute Gasteiger partial charge is 0.387 e. The number of aliphatic hydroxyl groups is 1. The lowest BCUT2D eigenvalue weighted by atomic mass is 10.0. The first-order valence-corrected chi connectivity index (χ1v) is 18.0. The lowest BCUT2D eigenvalue weighted by Gasteiger charge is -2.21. The first-order chi connectivity index (χ1) is 18.8. The van der Waals surface area contributed by atoms with Crippen molar-refractivity contribution in [2.45, 2.75) is 180 Å². The molecule has 6 nitrogen and oxygen atoms in total. The molecule has 0 aromatic carbocycles. The maximum atomic E-state index is 12.3. The number of hydrogen-bond acceptors (Lipinski definition) is 4. The summed E-state index contributed by atoms with van der Waals surface area (Å²) >= 11 is 0. The fourth-order valence-corrected chi connectivity index (χ4v) is 5.71. The van der Waals surface area contributed by atoms with E-state index in [1.165, 1.54) is 102 Å². The molecule has 7 heteroatoms. The van der Waals surface area contributed by atoms with E-state index in [9.17, 15) is 22.9 Å². The van der Waals surface area contributed by atoms with Crippen LogP contribution in [0.4, 0.5) is 0 Å². The standard InChI is InChI=1S/C32H63NO5S/c1-3-5-7-9-11-12-13-14-15-16-17-18-19-20-21-22-24-26-28-32(35)33-30(29-39(36,37)38)31(34)27-25-23-10-8-6-4-2/h25,27,30-31,34H,3-24,26,28-29H2,1-2H3,(H,33,35)(H,36,37,38)/b27-25+. The van der Waals surface area contributed by atoms with Crippen LogP contribution in [0, 0.1) is 0 Å². The summed E-state index contributed by atoms with van der Waals surface area (Å²) in [5.41, 5.74) is 0. The molecule has 0 rings (SSSR count). The molecule has 0 fully saturated rings. The van der Waals surface area contributed by atoms with Crippen molar-refractivity contribution in [3.05, 3.63) is 12.2 Å². The third kappa shape index (κ3) is 28.4. The normalized spacial score (nSPS) is 13.6. The molecule has 0 saturated carbocycles. The smallest absolute Gasteiger partial charge is 0.267 e. The predicted molar refractivity (Wildman–Crippen MR) is 166 cm³/mol. The van der Waals surface area contributed by atoms with Gasteiger partial charge in [0.1, 0.15) is 0 Å². The third-order valence-corrected chi connectivity index (χ3v) is 8.24. The Morgan fingerprint density at radius 3 is 1.46 bits per heavy atom. The predicted octanol–water partition coefficient (Wildman–Crippen LogP) is 8.68. The fraction of sp³-hybridized carbons (Fsp3) is 0.906. The summed E-state index contributed by atoms with van der Waals surface area (Å²) in [6.07, 6.45) is 30.9. The maximum absolute atomic E-state index is 12.3. The highest BCUT2D eigenvalue weighted by molar-refractivity contribution is 7.85. The quantitative estimate of drug-likeness (QED) is 0.0472. The molecule has 2 unspecified atom stereocenters. The molecular formula is C32H63NO5S. The summed E-state index contributed by atoms with van der Waals surface area (Å²) in [5.74, 6) is -0.977. The van der Waals surface area contributed by atoms with E-state index in [0.717, 1.165) is 51.4 Å². The minimum atomic E-state index is -4.32. The SMILES string of the molecule is CCCCCC/C=C/C(O)C(CS(=O)(=O)O)NC(=O)CCCCCCCCCCCCCCCCCCCC. The highest BCUT2D eigenvalue weighted by Gasteiger charge is 2.24. The van der Waals surface area contributed by atoms with Crippen molar-refractivity contribution in [2.24, 2.45) is 0 Å². The molecule has 0 aromatic heterocycles. The number of carbonyl (C=O) groups is 1. The van der Waals surface area contributed by atoms with Gasteiger partial charge in [0.25, 0.3) is 10.1 Å². The van der Waals surface area contributed by atoms with Gasteiger partial charge in [-0.25, -0.2) is 0 Å². The topological polar surface area (TPSA) is 104 Å². The van der Waals surface area contributed by atoms with Gasteiger partial charge in [-0.05, 0) is 19.3 Å². The average Bonchev–Trinajstić information content (AvgIpc) is 2.88. The Bertz CT molecular complexity index is 680. The second kappa shape index (κ2) is 27.3. The van der Waals surface area contributed by atoms with Crippen molar-refractivity contribution in [1.29, 1.82) is 0 Å². The van der Waals surface area contributed by atoms with Gasteiger partial charge in [-0.1, -0.05) is 154 Å². The van der Waals surface area contributed by atoms with Crippen molar-refractivity contribution in [2.75, 3.05) is 5.75 Å². The van der Waals surface area contributed by atoms with Gasteiger partial charge in [-0.3, -0.25) is 9.35 Å². The summed E-state index contributed by atoms with van der Waals surface area (Å²) in [6.45, 7) is 4.41. The molecule has 0 spiro atoms. The maximum Gasteiger partial charge on any atom is 0.267 e. The molecular weight excluding hydrogens is 510 g/mol. The number of unbranched alkanes of at least 4 members (excludes halogenated alkanes) is 21. The van der Waals surface area contributed by atoms with Crippen LogP contribution in [0.5, 0.6) is 0 Å². The van der Waals surface area contributed by atoms with Gasteiger partial charge in [0.15, 0.2) is 0 Å². The zero-order valence-electron chi connectivity index (χ0n) is 25.5. The van der Waals surface area contributed by atoms with Crippen LogP contribution in [0.25, 0.3) is 0 Å². The van der Waals surface area contributed by atoms with E-state index in [2.05, 4.69) is 19.2 Å². The molecule has 3 N–H and O–H groups in total. The lowest BCUT2D eigenvalue weighted by Crippen LogP contribution is -2.46. The molecule has 0 aromatic rings. The van der Waals surface area contributed by atoms with Crippen molar-refractivity contribution in [3.8, 4) is 0 Å². The Kier molecular flexibility index (Phi) is 26.6. The summed E-state index contributed by atoms with van der Waals surface area (Å²) in [4.78, 5) is 12.3. The van der Waals surface area contributed by atoms with E-state index < -0.39 is 28.0 Å². The van der Waals surface area contributed by atoms with Crippen LogP contribution < -0.4 is 5.32 Å². The van der Waals surface area contributed by atoms with Gasteiger partial charge in [0.05, 0.1) is 17.9 Å². The lowest BCUT2D eigenvalue weighted by molar-refractivity contribution is -0.122. The average molecular weight is 574 g/mol. The van der Waals surface area contributed by atoms with Crippen LogP contribution in [0.1, 0.15) is 168 Å². The van der Waals surface area contributed by atoms with Gasteiger partial charge in [-0.2, -0.15) is 8.42 Å². The van der Waals surface area contributed by atoms with Gasteiger partial charge in [0, 0.05) is 6.42 Å². The first-order valence-electron chi connectivity index (χ1n) is 16.4. The zero-order chi connectivity index (χ0) is 29.0. The molecule has 0 radical (unpaired) electrons. The molecule has 2 atom stereocenters. The van der Waals surface area contributed by atoms with E-state index in [4.69, 9.17) is 0 Å². The Morgan fingerprint density at radius 1 is 0.667 bits per heavy atom. The van der Waals surface area contributed by atoms with E-state index in [1.54, 1.807) is 0 Å². The van der Waals surface area contributed by atoms with Crippen molar-refractivity contribution < 1.29 is 22.9 Å². The number of hydrogen-bond donors (Lipinski definition) is 3. The Balaban J connectivity index is 3.82. The Hall–Kier alpha value is -0.920. The molecule has 0 aliphatic carbocycles. The summed E-state index contributed by atoms with van der Waals surface area (Å²) in [6, 6.07) is -1.05. The molecule has 232 valence electrons. The second-order valence-electron chi connectivity index (χ2n) is 11.5. The van der Waals surface area contributed by atoms with Crippen LogP contribution in [-0.2, 0) is 14.9 Å². The molecule has 0 aliphatic heterocycles.